The molecule has 1 fully saturated rings. The van der Waals surface area contributed by atoms with E-state index in [0.29, 0.717) is 18.0 Å². The molecular formula is C21H29N3O2. The molecule has 1 aliphatic rings. The lowest BCUT2D eigenvalue weighted by Gasteiger charge is -2.33. The van der Waals surface area contributed by atoms with Crippen LogP contribution >= 0.6 is 0 Å². The smallest absolute Gasteiger partial charge is 0.257 e. The number of hydrogen-bond donors (Lipinski definition) is 2. The zero-order chi connectivity index (χ0) is 18.8. The molecule has 1 amide bonds. The van der Waals surface area contributed by atoms with Crippen LogP contribution in [0, 0.1) is 0 Å². The molecule has 1 atom stereocenters. The van der Waals surface area contributed by atoms with E-state index in [4.69, 9.17) is 0 Å². The monoisotopic (exact) mass is 355 g/mol. The highest BCUT2D eigenvalue weighted by Crippen LogP contribution is 2.35. The number of rotatable bonds is 4. The first-order valence-corrected chi connectivity index (χ1v) is 9.53. The predicted octanol–water partition coefficient (Wildman–Crippen LogP) is 4.38. The average Bonchev–Trinajstić information content (AvgIpc) is 3.15. The summed E-state index contributed by atoms with van der Waals surface area (Å²) in [5.74, 6) is 0.808. The molecule has 3 rings (SSSR count). The molecule has 0 saturated carbocycles. The highest BCUT2D eigenvalue weighted by molar-refractivity contribution is 5.97. The molecule has 1 aromatic heterocycles. The number of hydrogen-bond acceptors (Lipinski definition) is 3. The number of nitrogens with one attached hydrogen (secondary N) is 1. The summed E-state index contributed by atoms with van der Waals surface area (Å²) in [7, 11) is 0. The Morgan fingerprint density at radius 3 is 2.65 bits per heavy atom. The molecule has 0 spiro atoms. The summed E-state index contributed by atoms with van der Waals surface area (Å²) >= 11 is 0. The third kappa shape index (κ3) is 3.62. The van der Waals surface area contributed by atoms with Crippen molar-refractivity contribution in [1.82, 2.24) is 15.1 Å². The number of phenols is 1. The molecule has 1 aromatic carbocycles. The van der Waals surface area contributed by atoms with Crippen LogP contribution in [0.5, 0.6) is 5.75 Å². The molecule has 140 valence electrons. The molecule has 5 nitrogen and oxygen atoms in total. The third-order valence-electron chi connectivity index (χ3n) is 5.35. The fourth-order valence-corrected chi connectivity index (χ4v) is 3.70. The zero-order valence-electron chi connectivity index (χ0n) is 16.1. The highest BCUT2D eigenvalue weighted by Gasteiger charge is 2.29. The fourth-order valence-electron chi connectivity index (χ4n) is 3.70. The van der Waals surface area contributed by atoms with Crippen molar-refractivity contribution in [1.29, 1.82) is 0 Å². The van der Waals surface area contributed by atoms with Gasteiger partial charge in [-0.25, -0.2) is 0 Å². The number of carbonyl (C=O) groups excluding carboxylic acids is 1. The number of carbonyl (C=O) groups is 1. The minimum Gasteiger partial charge on any atom is -0.507 e. The molecule has 0 radical (unpaired) electrons. The van der Waals surface area contributed by atoms with Gasteiger partial charge in [-0.15, -0.1) is 0 Å². The second kappa shape index (κ2) is 7.52. The topological polar surface area (TPSA) is 69.2 Å². The SMILES string of the molecule is CC(C)c1cc(C(=O)N2CCC[C@@H](c3ccn[nH]3)C2)c(O)c(C(C)C)c1. The summed E-state index contributed by atoms with van der Waals surface area (Å²) in [4.78, 5) is 15.1. The van der Waals surface area contributed by atoms with E-state index in [1.165, 1.54) is 0 Å². The van der Waals surface area contributed by atoms with E-state index in [0.717, 1.165) is 36.2 Å². The van der Waals surface area contributed by atoms with Gasteiger partial charge in [-0.2, -0.15) is 5.10 Å². The van der Waals surface area contributed by atoms with Crippen LogP contribution in [0.15, 0.2) is 24.4 Å². The Labute approximate surface area is 155 Å². The number of aromatic nitrogens is 2. The Hall–Kier alpha value is -2.30. The molecule has 2 heterocycles. The first-order valence-electron chi connectivity index (χ1n) is 9.53. The molecule has 1 saturated heterocycles. The number of piperidine rings is 1. The number of benzene rings is 1. The largest absolute Gasteiger partial charge is 0.507 e. The van der Waals surface area contributed by atoms with E-state index in [2.05, 4.69) is 24.0 Å². The Morgan fingerprint density at radius 1 is 1.27 bits per heavy atom. The summed E-state index contributed by atoms with van der Waals surface area (Å²) in [6.45, 7) is 9.69. The van der Waals surface area contributed by atoms with E-state index < -0.39 is 0 Å². The Kier molecular flexibility index (Phi) is 5.35. The molecule has 0 aliphatic carbocycles. The molecule has 2 aromatic rings. The second-order valence-corrected chi connectivity index (χ2v) is 7.92. The van der Waals surface area contributed by atoms with Crippen molar-refractivity contribution < 1.29 is 9.90 Å². The van der Waals surface area contributed by atoms with Gasteiger partial charge in [0.2, 0.25) is 0 Å². The van der Waals surface area contributed by atoms with Gasteiger partial charge in [0.15, 0.2) is 0 Å². The number of phenolic OH excluding ortho intramolecular Hbond substituents is 1. The van der Waals surface area contributed by atoms with Crippen LogP contribution in [0.1, 0.15) is 85.5 Å². The first-order chi connectivity index (χ1) is 12.4. The summed E-state index contributed by atoms with van der Waals surface area (Å²) < 4.78 is 0. The summed E-state index contributed by atoms with van der Waals surface area (Å²) in [6, 6.07) is 5.88. The zero-order valence-corrected chi connectivity index (χ0v) is 16.1. The number of H-pyrrole nitrogens is 1. The second-order valence-electron chi connectivity index (χ2n) is 7.92. The van der Waals surface area contributed by atoms with Crippen LogP contribution in [-0.4, -0.2) is 39.2 Å². The van der Waals surface area contributed by atoms with Gasteiger partial charge in [0.1, 0.15) is 5.75 Å². The quantitative estimate of drug-likeness (QED) is 0.855. The van der Waals surface area contributed by atoms with Crippen LogP contribution in [0.3, 0.4) is 0 Å². The van der Waals surface area contributed by atoms with Crippen molar-refractivity contribution in [3.05, 3.63) is 46.8 Å². The minimum absolute atomic E-state index is 0.0730. The first kappa shape index (κ1) is 18.5. The highest BCUT2D eigenvalue weighted by atomic mass is 16.3. The van der Waals surface area contributed by atoms with E-state index in [9.17, 15) is 9.90 Å². The van der Waals surface area contributed by atoms with Gasteiger partial charge < -0.3 is 10.0 Å². The van der Waals surface area contributed by atoms with Crippen molar-refractivity contribution in [2.75, 3.05) is 13.1 Å². The molecule has 0 bridgehead atoms. The van der Waals surface area contributed by atoms with Gasteiger partial charge in [-0.3, -0.25) is 9.89 Å². The van der Waals surface area contributed by atoms with Gasteiger partial charge in [0.05, 0.1) is 5.56 Å². The molecular weight excluding hydrogens is 326 g/mol. The van der Waals surface area contributed by atoms with Gasteiger partial charge in [-0.1, -0.05) is 33.8 Å². The van der Waals surface area contributed by atoms with E-state index >= 15 is 0 Å². The molecule has 26 heavy (non-hydrogen) atoms. The van der Waals surface area contributed by atoms with Crippen LogP contribution in [0.25, 0.3) is 0 Å². The van der Waals surface area contributed by atoms with E-state index in [-0.39, 0.29) is 23.5 Å². The molecule has 5 heteroatoms. The maximum absolute atomic E-state index is 13.2. The standard InChI is InChI=1S/C21H29N3O2/c1-13(2)16-10-17(14(3)4)20(25)18(11-16)21(26)24-9-5-6-15(12-24)19-7-8-22-23-19/h7-8,10-11,13-15,25H,5-6,9,12H2,1-4H3,(H,22,23)/t15-/m1/s1. The number of aromatic hydroxyl groups is 1. The van der Waals surface area contributed by atoms with Crippen molar-refractivity contribution in [3.8, 4) is 5.75 Å². The normalized spacial score (nSPS) is 17.9. The Balaban J connectivity index is 1.91. The number of aromatic amines is 1. The summed E-state index contributed by atoms with van der Waals surface area (Å²) in [6.07, 6.45) is 3.75. The molecule has 1 aliphatic heterocycles. The van der Waals surface area contributed by atoms with Crippen LogP contribution < -0.4 is 0 Å². The van der Waals surface area contributed by atoms with Crippen molar-refractivity contribution in [2.45, 2.75) is 58.3 Å². The third-order valence-corrected chi connectivity index (χ3v) is 5.35. The van der Waals surface area contributed by atoms with E-state index in [1.54, 1.807) is 6.20 Å². The van der Waals surface area contributed by atoms with Gasteiger partial charge in [-0.05, 0) is 47.9 Å². The van der Waals surface area contributed by atoms with Crippen LogP contribution in [0.4, 0.5) is 0 Å². The number of likely N-dealkylation sites (tertiary alicyclic amines) is 1. The molecule has 2 N–H and O–H groups in total. The maximum Gasteiger partial charge on any atom is 0.257 e. The lowest BCUT2D eigenvalue weighted by molar-refractivity contribution is 0.0702. The number of amides is 1. The van der Waals surface area contributed by atoms with Crippen molar-refractivity contribution in [3.63, 3.8) is 0 Å². The predicted molar refractivity (Wildman–Crippen MR) is 103 cm³/mol. The molecule has 0 unspecified atom stereocenters. The minimum atomic E-state index is -0.0730. The lowest BCUT2D eigenvalue weighted by Crippen LogP contribution is -2.39. The van der Waals surface area contributed by atoms with Crippen LogP contribution in [0.2, 0.25) is 0 Å². The Morgan fingerprint density at radius 2 is 2.04 bits per heavy atom. The average molecular weight is 355 g/mol. The van der Waals surface area contributed by atoms with Crippen LogP contribution in [-0.2, 0) is 0 Å². The maximum atomic E-state index is 13.2. The van der Waals surface area contributed by atoms with Crippen molar-refractivity contribution in [2.24, 2.45) is 0 Å². The Bertz CT molecular complexity index is 766. The van der Waals surface area contributed by atoms with Crippen molar-refractivity contribution >= 4 is 5.91 Å². The van der Waals surface area contributed by atoms with E-state index in [1.807, 2.05) is 36.9 Å². The van der Waals surface area contributed by atoms with Gasteiger partial charge in [0.25, 0.3) is 5.91 Å². The summed E-state index contributed by atoms with van der Waals surface area (Å²) in [5.41, 5.74) is 3.45. The van der Waals surface area contributed by atoms with Gasteiger partial charge in [0, 0.05) is 30.9 Å². The summed E-state index contributed by atoms with van der Waals surface area (Å²) in [5, 5.41) is 17.8. The lowest BCUT2D eigenvalue weighted by atomic mass is 9.90. The van der Waals surface area contributed by atoms with Gasteiger partial charge >= 0.3 is 0 Å². The fraction of sp³-hybridized carbons (Fsp3) is 0.524. The number of nitrogens with zero attached hydrogens (tertiary/aromatic N) is 2.